The van der Waals surface area contributed by atoms with Crippen LogP contribution in [0.5, 0.6) is 0 Å². The smallest absolute Gasteiger partial charge is 0.233 e. The van der Waals surface area contributed by atoms with Crippen molar-refractivity contribution in [3.63, 3.8) is 0 Å². The monoisotopic (exact) mass is 172 g/mol. The molecule has 2 unspecified atom stereocenters. The standard InChI is InChI=1S/C8H16N2O2/c9-4-8(12)10-7-3-1-2-6(7)5-11/h6-7,11H,1-5,9H2,(H,10,12). The van der Waals surface area contributed by atoms with Crippen LogP contribution in [0.4, 0.5) is 0 Å². The summed E-state index contributed by atoms with van der Waals surface area (Å²) in [6.45, 7) is 0.199. The number of carbonyl (C=O) groups is 1. The molecule has 70 valence electrons. The Hall–Kier alpha value is -0.610. The van der Waals surface area contributed by atoms with Gasteiger partial charge in [-0.25, -0.2) is 0 Å². The number of hydrogen-bond donors (Lipinski definition) is 3. The molecule has 0 saturated heterocycles. The van der Waals surface area contributed by atoms with E-state index in [2.05, 4.69) is 5.32 Å². The third kappa shape index (κ3) is 2.19. The number of nitrogens with one attached hydrogen (secondary N) is 1. The van der Waals surface area contributed by atoms with Crippen LogP contribution >= 0.6 is 0 Å². The van der Waals surface area contributed by atoms with Crippen LogP contribution in [0, 0.1) is 5.92 Å². The minimum atomic E-state index is -0.125. The molecule has 1 saturated carbocycles. The molecule has 12 heavy (non-hydrogen) atoms. The maximum atomic E-state index is 10.9. The van der Waals surface area contributed by atoms with Crippen LogP contribution in [-0.4, -0.2) is 30.2 Å². The Morgan fingerprint density at radius 3 is 2.92 bits per heavy atom. The third-order valence-electron chi connectivity index (χ3n) is 2.43. The second-order valence-electron chi connectivity index (χ2n) is 3.25. The fourth-order valence-electron chi connectivity index (χ4n) is 1.71. The van der Waals surface area contributed by atoms with Crippen molar-refractivity contribution in [1.29, 1.82) is 0 Å². The van der Waals surface area contributed by atoms with E-state index in [0.29, 0.717) is 0 Å². The summed E-state index contributed by atoms with van der Waals surface area (Å²) in [7, 11) is 0. The fraction of sp³-hybridized carbons (Fsp3) is 0.875. The fourth-order valence-corrected chi connectivity index (χ4v) is 1.71. The quantitative estimate of drug-likeness (QED) is 0.523. The van der Waals surface area contributed by atoms with Gasteiger partial charge in [-0.2, -0.15) is 0 Å². The number of rotatable bonds is 3. The number of carbonyl (C=O) groups excluding carboxylic acids is 1. The Bertz CT molecular complexity index is 161. The second-order valence-corrected chi connectivity index (χ2v) is 3.25. The molecule has 1 aliphatic rings. The third-order valence-corrected chi connectivity index (χ3v) is 2.43. The molecule has 2 atom stereocenters. The topological polar surface area (TPSA) is 75.4 Å². The molecule has 0 aromatic carbocycles. The van der Waals surface area contributed by atoms with Crippen molar-refractivity contribution >= 4 is 5.91 Å². The molecule has 4 nitrogen and oxygen atoms in total. The predicted molar refractivity (Wildman–Crippen MR) is 45.4 cm³/mol. The van der Waals surface area contributed by atoms with E-state index < -0.39 is 0 Å². The Morgan fingerprint density at radius 1 is 1.58 bits per heavy atom. The molecule has 0 radical (unpaired) electrons. The van der Waals surface area contributed by atoms with Gasteiger partial charge < -0.3 is 16.2 Å². The lowest BCUT2D eigenvalue weighted by atomic mass is 10.1. The lowest BCUT2D eigenvalue weighted by Gasteiger charge is -2.18. The predicted octanol–water partition coefficient (Wildman–Crippen LogP) is -0.778. The van der Waals surface area contributed by atoms with E-state index in [1.165, 1.54) is 0 Å². The van der Waals surface area contributed by atoms with Gasteiger partial charge in [0.05, 0.1) is 6.54 Å². The maximum absolute atomic E-state index is 10.9. The zero-order valence-electron chi connectivity index (χ0n) is 7.12. The lowest BCUT2D eigenvalue weighted by molar-refractivity contribution is -0.120. The molecule has 0 spiro atoms. The summed E-state index contributed by atoms with van der Waals surface area (Å²) in [5, 5.41) is 11.7. The van der Waals surface area contributed by atoms with E-state index in [0.717, 1.165) is 19.3 Å². The SMILES string of the molecule is NCC(=O)NC1CCCC1CO. The van der Waals surface area contributed by atoms with Gasteiger partial charge >= 0.3 is 0 Å². The van der Waals surface area contributed by atoms with Crippen molar-refractivity contribution in [3.05, 3.63) is 0 Å². The molecule has 0 heterocycles. The second kappa shape index (κ2) is 4.42. The average molecular weight is 172 g/mol. The van der Waals surface area contributed by atoms with Gasteiger partial charge in [-0.3, -0.25) is 4.79 Å². The average Bonchev–Trinajstić information content (AvgIpc) is 2.51. The van der Waals surface area contributed by atoms with E-state index in [1.54, 1.807) is 0 Å². The number of aliphatic hydroxyl groups excluding tert-OH is 1. The molecule has 0 aromatic heterocycles. The highest BCUT2D eigenvalue weighted by molar-refractivity contribution is 5.78. The summed E-state index contributed by atoms with van der Waals surface area (Å²) >= 11 is 0. The Labute approximate surface area is 72.1 Å². The molecule has 1 fully saturated rings. The molecule has 4 heteroatoms. The van der Waals surface area contributed by atoms with Crippen LogP contribution < -0.4 is 11.1 Å². The van der Waals surface area contributed by atoms with Gasteiger partial charge in [0.25, 0.3) is 0 Å². The minimum Gasteiger partial charge on any atom is -0.396 e. The summed E-state index contributed by atoms with van der Waals surface area (Å²) in [6, 6.07) is 0.144. The molecule has 0 aliphatic heterocycles. The van der Waals surface area contributed by atoms with Crippen LogP contribution in [0.2, 0.25) is 0 Å². The van der Waals surface area contributed by atoms with E-state index in [9.17, 15) is 4.79 Å². The van der Waals surface area contributed by atoms with Gasteiger partial charge in [0.15, 0.2) is 0 Å². The lowest BCUT2D eigenvalue weighted by Crippen LogP contribution is -2.41. The normalized spacial score (nSPS) is 28.8. The van der Waals surface area contributed by atoms with Crippen molar-refractivity contribution in [1.82, 2.24) is 5.32 Å². The van der Waals surface area contributed by atoms with Crippen molar-refractivity contribution in [2.75, 3.05) is 13.2 Å². The minimum absolute atomic E-state index is 0.0364. The van der Waals surface area contributed by atoms with Crippen molar-refractivity contribution in [2.45, 2.75) is 25.3 Å². The summed E-state index contributed by atoms with van der Waals surface area (Å²) in [6.07, 6.45) is 3.06. The number of aliphatic hydroxyl groups is 1. The zero-order chi connectivity index (χ0) is 8.97. The molecule has 1 amide bonds. The summed E-state index contributed by atoms with van der Waals surface area (Å²) in [5.74, 6) is 0.112. The van der Waals surface area contributed by atoms with Gasteiger partial charge in [-0.1, -0.05) is 6.42 Å². The van der Waals surface area contributed by atoms with E-state index >= 15 is 0 Å². The molecule has 1 rings (SSSR count). The first kappa shape index (κ1) is 9.48. The van der Waals surface area contributed by atoms with Gasteiger partial charge in [0, 0.05) is 18.6 Å². The Kier molecular flexibility index (Phi) is 3.49. The molecule has 1 aliphatic carbocycles. The van der Waals surface area contributed by atoms with Crippen LogP contribution in [0.25, 0.3) is 0 Å². The first-order chi connectivity index (χ1) is 5.77. The molecule has 4 N–H and O–H groups in total. The Morgan fingerprint density at radius 2 is 2.33 bits per heavy atom. The van der Waals surface area contributed by atoms with Crippen molar-refractivity contribution < 1.29 is 9.90 Å². The van der Waals surface area contributed by atoms with E-state index in [1.807, 2.05) is 0 Å². The summed E-state index contributed by atoms with van der Waals surface area (Å²) in [5.41, 5.74) is 5.16. The van der Waals surface area contributed by atoms with Gasteiger partial charge in [-0.15, -0.1) is 0 Å². The first-order valence-corrected chi connectivity index (χ1v) is 4.38. The largest absolute Gasteiger partial charge is 0.396 e. The molecular formula is C8H16N2O2. The highest BCUT2D eigenvalue weighted by Gasteiger charge is 2.27. The van der Waals surface area contributed by atoms with Gasteiger partial charge in [0.2, 0.25) is 5.91 Å². The maximum Gasteiger partial charge on any atom is 0.233 e. The number of hydrogen-bond acceptors (Lipinski definition) is 3. The molecule has 0 bridgehead atoms. The highest BCUT2D eigenvalue weighted by atomic mass is 16.3. The number of nitrogens with two attached hydrogens (primary N) is 1. The van der Waals surface area contributed by atoms with E-state index in [4.69, 9.17) is 10.8 Å². The van der Waals surface area contributed by atoms with Crippen LogP contribution in [-0.2, 0) is 4.79 Å². The molecular weight excluding hydrogens is 156 g/mol. The van der Waals surface area contributed by atoms with Crippen LogP contribution in [0.1, 0.15) is 19.3 Å². The Balaban J connectivity index is 2.35. The van der Waals surface area contributed by atoms with Crippen LogP contribution in [0.15, 0.2) is 0 Å². The number of amides is 1. The van der Waals surface area contributed by atoms with Crippen molar-refractivity contribution in [2.24, 2.45) is 11.7 Å². The first-order valence-electron chi connectivity index (χ1n) is 4.38. The zero-order valence-corrected chi connectivity index (χ0v) is 7.12. The summed E-state index contributed by atoms with van der Waals surface area (Å²) in [4.78, 5) is 10.9. The van der Waals surface area contributed by atoms with Crippen molar-refractivity contribution in [3.8, 4) is 0 Å². The van der Waals surface area contributed by atoms with Crippen LogP contribution in [0.3, 0.4) is 0 Å². The van der Waals surface area contributed by atoms with Gasteiger partial charge in [0.1, 0.15) is 0 Å². The summed E-state index contributed by atoms with van der Waals surface area (Å²) < 4.78 is 0. The molecule has 0 aromatic rings. The highest BCUT2D eigenvalue weighted by Crippen LogP contribution is 2.24. The van der Waals surface area contributed by atoms with E-state index in [-0.39, 0.29) is 31.0 Å². The van der Waals surface area contributed by atoms with Gasteiger partial charge in [-0.05, 0) is 12.8 Å².